The van der Waals surface area contributed by atoms with Gasteiger partial charge in [-0.2, -0.15) is 0 Å². The van der Waals surface area contributed by atoms with Crippen LogP contribution in [-0.2, 0) is 0 Å². The van der Waals surface area contributed by atoms with E-state index in [9.17, 15) is 0 Å². The SMILES string of the molecule is CC1CCN(c2ccc(Nc3nccc(-c4ccco4)n3)cc2)CC1. The molecule has 5 nitrogen and oxygen atoms in total. The van der Waals surface area contributed by atoms with Crippen molar-refractivity contribution in [2.45, 2.75) is 19.8 Å². The highest BCUT2D eigenvalue weighted by molar-refractivity contribution is 5.61. The lowest BCUT2D eigenvalue weighted by Gasteiger charge is -2.32. The van der Waals surface area contributed by atoms with Gasteiger partial charge in [-0.05, 0) is 61.2 Å². The molecule has 0 amide bonds. The Kier molecular flexibility index (Phi) is 4.37. The van der Waals surface area contributed by atoms with Crippen molar-refractivity contribution in [3.8, 4) is 11.5 Å². The molecule has 5 heteroatoms. The zero-order chi connectivity index (χ0) is 17.1. The molecule has 0 spiro atoms. The molecule has 1 N–H and O–H groups in total. The van der Waals surface area contributed by atoms with Crippen LogP contribution in [0.1, 0.15) is 19.8 Å². The third-order valence-corrected chi connectivity index (χ3v) is 4.70. The molecule has 4 rings (SSSR count). The second-order valence-electron chi connectivity index (χ2n) is 6.58. The maximum atomic E-state index is 5.39. The Morgan fingerprint density at radius 1 is 1.08 bits per heavy atom. The highest BCUT2D eigenvalue weighted by Gasteiger charge is 2.15. The molecular formula is C20H22N4O. The summed E-state index contributed by atoms with van der Waals surface area (Å²) in [6, 6.07) is 14.1. The van der Waals surface area contributed by atoms with Crippen LogP contribution in [0, 0.1) is 5.92 Å². The monoisotopic (exact) mass is 334 g/mol. The van der Waals surface area contributed by atoms with Crippen LogP contribution >= 0.6 is 0 Å². The number of nitrogens with zero attached hydrogens (tertiary/aromatic N) is 3. The van der Waals surface area contributed by atoms with Crippen LogP contribution < -0.4 is 10.2 Å². The van der Waals surface area contributed by atoms with E-state index in [2.05, 4.69) is 51.4 Å². The maximum Gasteiger partial charge on any atom is 0.227 e. The molecule has 1 aliphatic heterocycles. The van der Waals surface area contributed by atoms with E-state index in [0.29, 0.717) is 5.95 Å². The third kappa shape index (κ3) is 3.65. The van der Waals surface area contributed by atoms with Gasteiger partial charge in [0, 0.05) is 30.7 Å². The normalized spacial score (nSPS) is 15.3. The standard InChI is InChI=1S/C20H22N4O/c1-15-9-12-24(13-10-15)17-6-4-16(5-7-17)22-20-21-11-8-18(23-20)19-3-2-14-25-19/h2-8,11,14-15H,9-10,12-13H2,1H3,(H,21,22,23). The lowest BCUT2D eigenvalue weighted by Crippen LogP contribution is -2.32. The fourth-order valence-corrected chi connectivity index (χ4v) is 3.13. The van der Waals surface area contributed by atoms with E-state index in [1.54, 1.807) is 12.5 Å². The Balaban J connectivity index is 1.45. The Labute approximate surface area is 147 Å². The number of benzene rings is 1. The van der Waals surface area contributed by atoms with Crippen LogP contribution in [0.3, 0.4) is 0 Å². The lowest BCUT2D eigenvalue weighted by atomic mass is 9.99. The average Bonchev–Trinajstić information content (AvgIpc) is 3.18. The Hall–Kier alpha value is -2.82. The predicted octanol–water partition coefficient (Wildman–Crippen LogP) is 4.72. The van der Waals surface area contributed by atoms with Crippen molar-refractivity contribution in [2.24, 2.45) is 5.92 Å². The minimum Gasteiger partial charge on any atom is -0.463 e. The van der Waals surface area contributed by atoms with E-state index in [1.165, 1.54) is 18.5 Å². The lowest BCUT2D eigenvalue weighted by molar-refractivity contribution is 0.438. The first-order chi connectivity index (χ1) is 12.3. The van der Waals surface area contributed by atoms with Gasteiger partial charge in [0.25, 0.3) is 0 Å². The van der Waals surface area contributed by atoms with Crippen LogP contribution in [-0.4, -0.2) is 23.1 Å². The van der Waals surface area contributed by atoms with Gasteiger partial charge in [-0.25, -0.2) is 9.97 Å². The van der Waals surface area contributed by atoms with Crippen LogP contribution in [0.25, 0.3) is 11.5 Å². The van der Waals surface area contributed by atoms with Gasteiger partial charge in [0.05, 0.1) is 6.26 Å². The van der Waals surface area contributed by atoms with Crippen LogP contribution in [0.15, 0.2) is 59.3 Å². The Bertz CT molecular complexity index is 806. The van der Waals surface area contributed by atoms with E-state index < -0.39 is 0 Å². The quantitative estimate of drug-likeness (QED) is 0.748. The van der Waals surface area contributed by atoms with Crippen molar-refractivity contribution in [3.05, 3.63) is 54.9 Å². The van der Waals surface area contributed by atoms with E-state index in [1.807, 2.05) is 18.2 Å². The van der Waals surface area contributed by atoms with E-state index >= 15 is 0 Å². The number of piperidine rings is 1. The Morgan fingerprint density at radius 3 is 2.60 bits per heavy atom. The number of furan rings is 1. The number of hydrogen-bond acceptors (Lipinski definition) is 5. The van der Waals surface area contributed by atoms with Gasteiger partial charge in [0.2, 0.25) is 5.95 Å². The molecule has 1 saturated heterocycles. The molecular weight excluding hydrogens is 312 g/mol. The van der Waals surface area contributed by atoms with Gasteiger partial charge in [0.1, 0.15) is 5.69 Å². The zero-order valence-corrected chi connectivity index (χ0v) is 14.4. The van der Waals surface area contributed by atoms with E-state index in [4.69, 9.17) is 4.42 Å². The molecule has 1 aromatic carbocycles. The first-order valence-corrected chi connectivity index (χ1v) is 8.77. The predicted molar refractivity (Wildman–Crippen MR) is 100 cm³/mol. The minimum atomic E-state index is 0.563. The summed E-state index contributed by atoms with van der Waals surface area (Å²) >= 11 is 0. The van der Waals surface area contributed by atoms with Crippen LogP contribution in [0.4, 0.5) is 17.3 Å². The molecule has 1 aliphatic rings. The number of anilines is 3. The summed E-state index contributed by atoms with van der Waals surface area (Å²) in [6.45, 7) is 4.62. The van der Waals surface area contributed by atoms with Crippen LogP contribution in [0.5, 0.6) is 0 Å². The molecule has 2 aromatic heterocycles. The summed E-state index contributed by atoms with van der Waals surface area (Å²) in [4.78, 5) is 11.3. The van der Waals surface area contributed by atoms with Gasteiger partial charge in [-0.3, -0.25) is 0 Å². The molecule has 0 atom stereocenters. The van der Waals surface area contributed by atoms with E-state index in [0.717, 1.165) is 36.1 Å². The topological polar surface area (TPSA) is 54.2 Å². The maximum absolute atomic E-state index is 5.39. The van der Waals surface area contributed by atoms with Gasteiger partial charge in [-0.1, -0.05) is 6.92 Å². The van der Waals surface area contributed by atoms with Gasteiger partial charge in [0.15, 0.2) is 5.76 Å². The molecule has 0 unspecified atom stereocenters. The summed E-state index contributed by atoms with van der Waals surface area (Å²) in [5.74, 6) is 2.14. The highest BCUT2D eigenvalue weighted by Crippen LogP contribution is 2.25. The second-order valence-corrected chi connectivity index (χ2v) is 6.58. The van der Waals surface area contributed by atoms with Crippen molar-refractivity contribution >= 4 is 17.3 Å². The van der Waals surface area contributed by atoms with Gasteiger partial charge >= 0.3 is 0 Å². The average molecular weight is 334 g/mol. The molecule has 0 bridgehead atoms. The summed E-state index contributed by atoms with van der Waals surface area (Å²) in [6.07, 6.45) is 5.92. The van der Waals surface area contributed by atoms with Crippen molar-refractivity contribution < 1.29 is 4.42 Å². The highest BCUT2D eigenvalue weighted by atomic mass is 16.3. The van der Waals surface area contributed by atoms with Crippen molar-refractivity contribution in [1.82, 2.24) is 9.97 Å². The molecule has 0 saturated carbocycles. The first kappa shape index (κ1) is 15.7. The third-order valence-electron chi connectivity index (χ3n) is 4.70. The van der Waals surface area contributed by atoms with Gasteiger partial charge < -0.3 is 14.6 Å². The number of nitrogens with one attached hydrogen (secondary N) is 1. The molecule has 0 aliphatic carbocycles. The molecule has 128 valence electrons. The van der Waals surface area contributed by atoms with Crippen LogP contribution in [0.2, 0.25) is 0 Å². The fraction of sp³-hybridized carbons (Fsp3) is 0.300. The smallest absolute Gasteiger partial charge is 0.227 e. The van der Waals surface area contributed by atoms with Crippen molar-refractivity contribution in [2.75, 3.05) is 23.3 Å². The van der Waals surface area contributed by atoms with Crippen molar-refractivity contribution in [3.63, 3.8) is 0 Å². The van der Waals surface area contributed by atoms with E-state index in [-0.39, 0.29) is 0 Å². The molecule has 25 heavy (non-hydrogen) atoms. The summed E-state index contributed by atoms with van der Waals surface area (Å²) in [7, 11) is 0. The first-order valence-electron chi connectivity index (χ1n) is 8.77. The second kappa shape index (κ2) is 6.97. The Morgan fingerprint density at radius 2 is 1.88 bits per heavy atom. The zero-order valence-electron chi connectivity index (χ0n) is 14.4. The number of aromatic nitrogens is 2. The minimum absolute atomic E-state index is 0.563. The van der Waals surface area contributed by atoms with Gasteiger partial charge in [-0.15, -0.1) is 0 Å². The fourth-order valence-electron chi connectivity index (χ4n) is 3.13. The van der Waals surface area contributed by atoms with Crippen molar-refractivity contribution in [1.29, 1.82) is 0 Å². The summed E-state index contributed by atoms with van der Waals surface area (Å²) in [5.41, 5.74) is 3.02. The molecule has 0 radical (unpaired) electrons. The molecule has 1 fully saturated rings. The summed E-state index contributed by atoms with van der Waals surface area (Å²) in [5, 5.41) is 3.26. The molecule has 3 aromatic rings. The number of hydrogen-bond donors (Lipinski definition) is 1. The number of rotatable bonds is 4. The molecule has 3 heterocycles. The largest absolute Gasteiger partial charge is 0.463 e. The summed E-state index contributed by atoms with van der Waals surface area (Å²) < 4.78 is 5.39.